The van der Waals surface area contributed by atoms with Gasteiger partial charge in [-0.15, -0.1) is 0 Å². The second-order valence-electron chi connectivity index (χ2n) is 18.5. The summed E-state index contributed by atoms with van der Waals surface area (Å²) in [6.45, 7) is 0. The van der Waals surface area contributed by atoms with E-state index in [0.717, 1.165) is 35.6 Å². The first-order chi connectivity index (χ1) is 34.7. The van der Waals surface area contributed by atoms with Gasteiger partial charge in [0.25, 0.3) is 0 Å². The number of anilines is 3. The van der Waals surface area contributed by atoms with Gasteiger partial charge in [-0.1, -0.05) is 200 Å². The third kappa shape index (κ3) is 7.48. The molecular weight excluding hydrogens is 845 g/mol. The van der Waals surface area contributed by atoms with Crippen molar-refractivity contribution in [1.29, 1.82) is 0 Å². The molecule has 13 rings (SSSR count). The Labute approximate surface area is 409 Å². The van der Waals surface area contributed by atoms with Crippen LogP contribution < -0.4 is 4.90 Å². The number of benzene rings is 11. The van der Waals surface area contributed by atoms with E-state index in [1.165, 1.54) is 99.7 Å². The smallest absolute Gasteiger partial charge is 0.0541 e. The summed E-state index contributed by atoms with van der Waals surface area (Å²) in [7, 11) is 0. The first kappa shape index (κ1) is 41.2. The minimum atomic E-state index is 0.814. The normalized spacial score (nSPS) is 11.9. The van der Waals surface area contributed by atoms with Gasteiger partial charge in [0.15, 0.2) is 0 Å². The van der Waals surface area contributed by atoms with E-state index in [4.69, 9.17) is 0 Å². The molecule has 0 radical (unpaired) electrons. The van der Waals surface area contributed by atoms with Crippen molar-refractivity contribution in [1.82, 2.24) is 4.57 Å². The molecule has 0 bridgehead atoms. The predicted molar refractivity (Wildman–Crippen MR) is 295 cm³/mol. The summed E-state index contributed by atoms with van der Waals surface area (Å²) < 4.78 is 2.39. The fourth-order valence-corrected chi connectivity index (χ4v) is 10.9. The number of hydrogen-bond donors (Lipinski definition) is 0. The van der Waals surface area contributed by atoms with Gasteiger partial charge in [-0.25, -0.2) is 0 Å². The molecule has 0 atom stereocenters. The van der Waals surface area contributed by atoms with Gasteiger partial charge in [-0.05, 0) is 157 Å². The number of rotatable bonds is 7. The Morgan fingerprint density at radius 1 is 0.257 bits per heavy atom. The maximum atomic E-state index is 2.43. The minimum Gasteiger partial charge on any atom is -0.310 e. The van der Waals surface area contributed by atoms with Crippen LogP contribution in [0.5, 0.6) is 0 Å². The maximum absolute atomic E-state index is 2.43. The lowest BCUT2D eigenvalue weighted by molar-refractivity contribution is 1.14. The van der Waals surface area contributed by atoms with Gasteiger partial charge in [0.2, 0.25) is 0 Å². The Kier molecular flexibility index (Phi) is 10.4. The topological polar surface area (TPSA) is 8.17 Å². The molecular formula is C68H48N2. The summed E-state index contributed by atoms with van der Waals surface area (Å²) in [5, 5.41) is 2.50. The summed E-state index contributed by atoms with van der Waals surface area (Å²) in [5.41, 5.74) is 24.6. The van der Waals surface area contributed by atoms with Gasteiger partial charge in [0.05, 0.1) is 11.0 Å². The second-order valence-corrected chi connectivity index (χ2v) is 18.5. The highest BCUT2D eigenvalue weighted by molar-refractivity contribution is 6.10. The average molecular weight is 893 g/mol. The molecule has 12 aromatic rings. The summed E-state index contributed by atoms with van der Waals surface area (Å²) in [6.07, 6.45) is 1.69. The molecule has 1 aromatic heterocycles. The minimum absolute atomic E-state index is 0.814. The van der Waals surface area contributed by atoms with Crippen LogP contribution in [0.1, 0.15) is 22.3 Å². The zero-order valence-corrected chi connectivity index (χ0v) is 38.7. The molecule has 2 heteroatoms. The van der Waals surface area contributed by atoms with Crippen molar-refractivity contribution in [2.24, 2.45) is 0 Å². The van der Waals surface area contributed by atoms with Crippen LogP contribution in [-0.4, -0.2) is 4.57 Å². The molecule has 0 N–H and O–H groups in total. The molecule has 11 aromatic carbocycles. The fourth-order valence-electron chi connectivity index (χ4n) is 10.9. The van der Waals surface area contributed by atoms with E-state index < -0.39 is 0 Å². The van der Waals surface area contributed by atoms with Crippen molar-refractivity contribution in [3.8, 4) is 61.3 Å². The molecule has 2 nitrogen and oxygen atoms in total. The van der Waals surface area contributed by atoms with E-state index in [1.807, 2.05) is 0 Å². The largest absolute Gasteiger partial charge is 0.310 e. The van der Waals surface area contributed by atoms with Crippen LogP contribution in [0, 0.1) is 0 Å². The van der Waals surface area contributed by atoms with E-state index in [0.29, 0.717) is 0 Å². The lowest BCUT2D eigenvalue weighted by atomic mass is 9.84. The highest BCUT2D eigenvalue weighted by Gasteiger charge is 2.21. The first-order valence-corrected chi connectivity index (χ1v) is 24.3. The fraction of sp³-hybridized carbons (Fsp3) is 0.0294. The first-order valence-electron chi connectivity index (χ1n) is 24.3. The van der Waals surface area contributed by atoms with Crippen LogP contribution in [0.3, 0.4) is 0 Å². The average Bonchev–Trinajstić information content (AvgIpc) is 3.76. The number of fused-ring (bicyclic) bond motifs is 9. The summed E-state index contributed by atoms with van der Waals surface area (Å²) in [4.78, 5) is 2.41. The van der Waals surface area contributed by atoms with Crippen molar-refractivity contribution < 1.29 is 0 Å². The van der Waals surface area contributed by atoms with E-state index in [2.05, 4.69) is 276 Å². The molecule has 0 aliphatic heterocycles. The molecule has 1 heterocycles. The van der Waals surface area contributed by atoms with Gasteiger partial charge in [0, 0.05) is 33.5 Å². The number of para-hydroxylation sites is 2. The van der Waals surface area contributed by atoms with Gasteiger partial charge < -0.3 is 9.47 Å². The Balaban J connectivity index is 0.851. The molecule has 1 aliphatic carbocycles. The van der Waals surface area contributed by atoms with Crippen molar-refractivity contribution in [2.75, 3.05) is 4.90 Å². The molecule has 0 fully saturated rings. The van der Waals surface area contributed by atoms with Gasteiger partial charge in [-0.3, -0.25) is 0 Å². The van der Waals surface area contributed by atoms with Gasteiger partial charge in [-0.2, -0.15) is 0 Å². The Morgan fingerprint density at radius 3 is 1.37 bits per heavy atom. The van der Waals surface area contributed by atoms with Crippen LogP contribution in [0.25, 0.3) is 83.1 Å². The highest BCUT2D eigenvalue weighted by atomic mass is 15.1. The molecule has 0 saturated carbocycles. The quantitative estimate of drug-likeness (QED) is 0.155. The molecule has 70 heavy (non-hydrogen) atoms. The van der Waals surface area contributed by atoms with E-state index in [-0.39, 0.29) is 0 Å². The number of hydrogen-bond acceptors (Lipinski definition) is 1. The predicted octanol–water partition coefficient (Wildman–Crippen LogP) is 18.1. The summed E-state index contributed by atoms with van der Waals surface area (Å²) in [5.74, 6) is 0. The van der Waals surface area contributed by atoms with Crippen molar-refractivity contribution in [3.05, 3.63) is 289 Å². The van der Waals surface area contributed by atoms with Gasteiger partial charge in [0.1, 0.15) is 0 Å². The van der Waals surface area contributed by atoms with E-state index >= 15 is 0 Å². The molecule has 0 saturated heterocycles. The molecule has 1 aliphatic rings. The molecule has 0 amide bonds. The van der Waals surface area contributed by atoms with Crippen molar-refractivity contribution in [3.63, 3.8) is 0 Å². The van der Waals surface area contributed by atoms with Crippen molar-refractivity contribution >= 4 is 38.9 Å². The zero-order valence-electron chi connectivity index (χ0n) is 38.7. The standard InChI is InChI=1S/C68H48N2/c1-3-16-47(17-4-1)48-34-37-58(38-35-48)70-67-29-14-13-28-65(67)66-46-52(36-41-68(66)70)50-32-30-49(31-33-50)51-21-15-24-59(44-51)69(57-22-5-2-6-23-57)60-39-40-64-56(45-60)43-55-20-9-11-26-62(55)61-25-10-7-18-53(61)42-54-19-8-12-27-63(54)64/h1-41,44-46H,42-43H2. The van der Waals surface area contributed by atoms with Crippen LogP contribution in [-0.2, 0) is 12.8 Å². The number of aromatic nitrogens is 1. The van der Waals surface area contributed by atoms with E-state index in [9.17, 15) is 0 Å². The van der Waals surface area contributed by atoms with Gasteiger partial charge >= 0.3 is 0 Å². The third-order valence-corrected chi connectivity index (χ3v) is 14.3. The number of nitrogens with zero attached hydrogens (tertiary/aromatic N) is 2. The van der Waals surface area contributed by atoms with Crippen LogP contribution in [0.2, 0.25) is 0 Å². The monoisotopic (exact) mass is 892 g/mol. The van der Waals surface area contributed by atoms with Crippen LogP contribution in [0.4, 0.5) is 17.1 Å². The van der Waals surface area contributed by atoms with E-state index in [1.54, 1.807) is 0 Å². The Bertz CT molecular complexity index is 3860. The lowest BCUT2D eigenvalue weighted by Crippen LogP contribution is -2.11. The zero-order chi connectivity index (χ0) is 46.4. The maximum Gasteiger partial charge on any atom is 0.0541 e. The third-order valence-electron chi connectivity index (χ3n) is 14.3. The lowest BCUT2D eigenvalue weighted by Gasteiger charge is -2.28. The highest BCUT2D eigenvalue weighted by Crippen LogP contribution is 2.43. The molecule has 0 spiro atoms. The summed E-state index contributed by atoms with van der Waals surface area (Å²) in [6, 6.07) is 98.0. The molecule has 0 unspecified atom stereocenters. The Morgan fingerprint density at radius 2 is 0.700 bits per heavy atom. The second kappa shape index (κ2) is 17.6. The van der Waals surface area contributed by atoms with Crippen LogP contribution >= 0.6 is 0 Å². The Hall–Kier alpha value is -8.98. The van der Waals surface area contributed by atoms with Crippen molar-refractivity contribution in [2.45, 2.75) is 12.8 Å². The van der Waals surface area contributed by atoms with Crippen LogP contribution in [0.15, 0.2) is 267 Å². The SMILES string of the molecule is c1ccc(-c2ccc(-n3c4ccccc4c4cc(-c5ccc(-c6cccc(N(c7ccccc7)c7ccc8c(c7)Cc7ccccc7-c7ccccc7Cc7ccccc7-8)c6)cc5)ccc43)cc2)cc1. The molecule has 330 valence electrons. The summed E-state index contributed by atoms with van der Waals surface area (Å²) >= 11 is 0.